The molecule has 0 N–H and O–H groups in total. The third kappa shape index (κ3) is 2.58. The van der Waals surface area contributed by atoms with E-state index in [1.807, 2.05) is 73.7 Å². The van der Waals surface area contributed by atoms with Crippen LogP contribution in [0, 0.1) is 6.92 Å². The molecule has 0 fully saturated rings. The highest BCUT2D eigenvalue weighted by atomic mass is 32.2. The van der Waals surface area contributed by atoms with E-state index in [2.05, 4.69) is 0 Å². The molecule has 0 radical (unpaired) electrons. The minimum absolute atomic E-state index is 0.613. The lowest BCUT2D eigenvalue weighted by molar-refractivity contribution is 0.563. The lowest BCUT2D eigenvalue weighted by Crippen LogP contribution is -2.01. The van der Waals surface area contributed by atoms with Crippen molar-refractivity contribution >= 4 is 21.9 Å². The van der Waals surface area contributed by atoms with Crippen molar-refractivity contribution in [3.8, 4) is 5.75 Å². The van der Waals surface area contributed by atoms with Gasteiger partial charge in [-0.15, -0.1) is 0 Å². The topological polar surface area (TPSA) is 26.3 Å². The number of aryl methyl sites for hydroxylation is 1. The molecule has 2 nitrogen and oxygen atoms in total. The van der Waals surface area contributed by atoms with Crippen LogP contribution in [0.3, 0.4) is 0 Å². The number of fused-ring (bicyclic) bond motifs is 1. The first-order valence-electron chi connectivity index (χ1n) is 6.38. The molecule has 0 aliphatic rings. The summed E-state index contributed by atoms with van der Waals surface area (Å²) in [6, 6.07) is 21.2. The summed E-state index contributed by atoms with van der Waals surface area (Å²) < 4.78 is 17.9. The molecule has 0 spiro atoms. The van der Waals surface area contributed by atoms with Gasteiger partial charge in [-0.2, -0.15) is 0 Å². The van der Waals surface area contributed by atoms with Crippen molar-refractivity contribution in [2.75, 3.05) is 0 Å². The Morgan fingerprint density at radius 1 is 0.850 bits per heavy atom. The van der Waals surface area contributed by atoms with Crippen LogP contribution in [-0.4, -0.2) is 4.21 Å². The van der Waals surface area contributed by atoms with Crippen molar-refractivity contribution in [3.05, 3.63) is 72.3 Å². The molecule has 3 heteroatoms. The van der Waals surface area contributed by atoms with Crippen LogP contribution >= 0.6 is 0 Å². The summed E-state index contributed by atoms with van der Waals surface area (Å²) >= 11 is -1.52. The van der Waals surface area contributed by atoms with Crippen molar-refractivity contribution in [1.82, 2.24) is 0 Å². The van der Waals surface area contributed by atoms with Crippen LogP contribution in [0.4, 0.5) is 0 Å². The third-order valence-corrected chi connectivity index (χ3v) is 4.18. The number of rotatable bonds is 3. The largest absolute Gasteiger partial charge is 0.397 e. The van der Waals surface area contributed by atoms with Gasteiger partial charge in [-0.05, 0) is 30.5 Å². The van der Waals surface area contributed by atoms with Gasteiger partial charge < -0.3 is 4.18 Å². The average Bonchev–Trinajstić information content (AvgIpc) is 2.49. The molecule has 0 saturated carbocycles. The lowest BCUT2D eigenvalue weighted by atomic mass is 10.1. The van der Waals surface area contributed by atoms with Gasteiger partial charge in [-0.3, -0.25) is 0 Å². The molecular formula is C17H14O2S. The maximum atomic E-state index is 12.4. The van der Waals surface area contributed by atoms with Crippen LogP contribution < -0.4 is 4.18 Å². The molecule has 1 unspecified atom stereocenters. The van der Waals surface area contributed by atoms with Gasteiger partial charge in [-0.25, -0.2) is 4.21 Å². The quantitative estimate of drug-likeness (QED) is 0.718. The molecule has 1 atom stereocenters. The van der Waals surface area contributed by atoms with E-state index in [1.54, 1.807) is 0 Å². The fourth-order valence-corrected chi connectivity index (χ4v) is 3.00. The van der Waals surface area contributed by atoms with Crippen LogP contribution in [-0.2, 0) is 11.1 Å². The van der Waals surface area contributed by atoms with E-state index in [9.17, 15) is 4.21 Å². The predicted molar refractivity (Wildman–Crippen MR) is 82.2 cm³/mol. The van der Waals surface area contributed by atoms with E-state index in [1.165, 1.54) is 0 Å². The normalized spacial score (nSPS) is 12.2. The van der Waals surface area contributed by atoms with Crippen LogP contribution in [0.2, 0.25) is 0 Å². The molecule has 20 heavy (non-hydrogen) atoms. The third-order valence-electron chi connectivity index (χ3n) is 3.12. The summed E-state index contributed by atoms with van der Waals surface area (Å²) in [5.74, 6) is 0.613. The molecule has 3 rings (SSSR count). The second kappa shape index (κ2) is 5.47. The van der Waals surface area contributed by atoms with E-state index in [0.29, 0.717) is 10.6 Å². The van der Waals surface area contributed by atoms with E-state index in [-0.39, 0.29) is 0 Å². The molecule has 0 amide bonds. The second-order valence-corrected chi connectivity index (χ2v) is 5.68. The molecule has 100 valence electrons. The lowest BCUT2D eigenvalue weighted by Gasteiger charge is -2.08. The maximum Gasteiger partial charge on any atom is 0.241 e. The summed E-state index contributed by atoms with van der Waals surface area (Å²) in [5, 5.41) is 2.02. The molecule has 0 heterocycles. The van der Waals surface area contributed by atoms with E-state index >= 15 is 0 Å². The molecular weight excluding hydrogens is 268 g/mol. The van der Waals surface area contributed by atoms with E-state index in [0.717, 1.165) is 16.3 Å². The van der Waals surface area contributed by atoms with Crippen molar-refractivity contribution in [2.45, 2.75) is 11.8 Å². The van der Waals surface area contributed by atoms with Crippen molar-refractivity contribution in [1.29, 1.82) is 0 Å². The Labute approximate surface area is 120 Å². The Morgan fingerprint density at radius 2 is 1.55 bits per heavy atom. The van der Waals surface area contributed by atoms with E-state index < -0.39 is 11.1 Å². The molecule has 0 aromatic heterocycles. The summed E-state index contributed by atoms with van der Waals surface area (Å²) in [6.07, 6.45) is 0. The first-order chi connectivity index (χ1) is 9.74. The predicted octanol–water partition coefficient (Wildman–Crippen LogP) is 4.25. The number of benzene rings is 3. The molecule has 3 aromatic rings. The standard InChI is InChI=1S/C17H14O2S/c1-13-9-11-15(12-10-13)19-20(18)17-8-4-6-14-5-2-3-7-16(14)17/h2-12H,1H3. The highest BCUT2D eigenvalue weighted by Gasteiger charge is 2.10. The SMILES string of the molecule is Cc1ccc(OS(=O)c2cccc3ccccc23)cc1. The zero-order chi connectivity index (χ0) is 13.9. The van der Waals surface area contributed by atoms with Crippen LogP contribution in [0.15, 0.2) is 71.6 Å². The minimum atomic E-state index is -1.52. The van der Waals surface area contributed by atoms with Gasteiger partial charge in [0.1, 0.15) is 5.75 Å². The Morgan fingerprint density at radius 3 is 2.35 bits per heavy atom. The van der Waals surface area contributed by atoms with Crippen molar-refractivity contribution < 1.29 is 8.39 Å². The van der Waals surface area contributed by atoms with Crippen LogP contribution in [0.5, 0.6) is 5.75 Å². The Hall–Kier alpha value is -2.13. The Balaban J connectivity index is 1.94. The fourth-order valence-electron chi connectivity index (χ4n) is 2.07. The summed E-state index contributed by atoms with van der Waals surface area (Å²) in [4.78, 5) is 0.698. The van der Waals surface area contributed by atoms with Gasteiger partial charge in [0.25, 0.3) is 0 Å². The molecule has 0 aliphatic carbocycles. The molecule has 0 aliphatic heterocycles. The van der Waals surface area contributed by atoms with Crippen LogP contribution in [0.1, 0.15) is 5.56 Å². The van der Waals surface area contributed by atoms with Crippen LogP contribution in [0.25, 0.3) is 10.8 Å². The number of hydrogen-bond acceptors (Lipinski definition) is 2. The van der Waals surface area contributed by atoms with Gasteiger partial charge >= 0.3 is 0 Å². The van der Waals surface area contributed by atoms with Gasteiger partial charge in [0.15, 0.2) is 0 Å². The van der Waals surface area contributed by atoms with Crippen molar-refractivity contribution in [3.63, 3.8) is 0 Å². The highest BCUT2D eigenvalue weighted by Crippen LogP contribution is 2.23. The average molecular weight is 282 g/mol. The Kier molecular flexibility index (Phi) is 3.52. The van der Waals surface area contributed by atoms with Gasteiger partial charge in [-0.1, -0.05) is 54.1 Å². The highest BCUT2D eigenvalue weighted by molar-refractivity contribution is 7.80. The fraction of sp³-hybridized carbons (Fsp3) is 0.0588. The zero-order valence-corrected chi connectivity index (χ0v) is 11.9. The molecule has 3 aromatic carbocycles. The molecule has 0 saturated heterocycles. The number of hydrogen-bond donors (Lipinski definition) is 0. The second-order valence-electron chi connectivity index (χ2n) is 4.61. The zero-order valence-electron chi connectivity index (χ0n) is 11.1. The summed E-state index contributed by atoms with van der Waals surface area (Å²) in [5.41, 5.74) is 1.15. The van der Waals surface area contributed by atoms with Gasteiger partial charge in [0.05, 0.1) is 4.90 Å². The summed E-state index contributed by atoms with van der Waals surface area (Å²) in [6.45, 7) is 2.01. The maximum absolute atomic E-state index is 12.4. The van der Waals surface area contributed by atoms with E-state index in [4.69, 9.17) is 4.18 Å². The van der Waals surface area contributed by atoms with Gasteiger partial charge in [0.2, 0.25) is 11.1 Å². The molecule has 0 bridgehead atoms. The van der Waals surface area contributed by atoms with Crippen molar-refractivity contribution in [2.24, 2.45) is 0 Å². The monoisotopic (exact) mass is 282 g/mol. The Bertz CT molecular complexity index is 758. The smallest absolute Gasteiger partial charge is 0.241 e. The first kappa shape index (κ1) is 12.9. The summed E-state index contributed by atoms with van der Waals surface area (Å²) in [7, 11) is 0. The first-order valence-corrected chi connectivity index (χ1v) is 7.46. The van der Waals surface area contributed by atoms with Gasteiger partial charge in [0, 0.05) is 5.39 Å². The minimum Gasteiger partial charge on any atom is -0.397 e.